The van der Waals surface area contributed by atoms with Crippen molar-refractivity contribution in [3.63, 3.8) is 0 Å². The van der Waals surface area contributed by atoms with Gasteiger partial charge in [-0.05, 0) is 12.0 Å². The molecule has 2 saturated heterocycles. The quantitative estimate of drug-likeness (QED) is 0.748. The SMILES string of the molecule is CN1C[C@@]2(CCN(C(=O)CCCOCc3ccccc3)C2)OC1=O. The lowest BCUT2D eigenvalue weighted by Crippen LogP contribution is -2.39. The summed E-state index contributed by atoms with van der Waals surface area (Å²) >= 11 is 0. The van der Waals surface area contributed by atoms with Crippen molar-refractivity contribution >= 4 is 12.0 Å². The van der Waals surface area contributed by atoms with Gasteiger partial charge in [-0.25, -0.2) is 4.79 Å². The van der Waals surface area contributed by atoms with Gasteiger partial charge < -0.3 is 19.3 Å². The zero-order valence-corrected chi connectivity index (χ0v) is 14.1. The van der Waals surface area contributed by atoms with E-state index in [1.165, 1.54) is 0 Å². The molecule has 1 aromatic rings. The molecule has 3 rings (SSSR count). The molecule has 0 bridgehead atoms. The van der Waals surface area contributed by atoms with E-state index in [0.717, 1.165) is 12.0 Å². The number of hydrogen-bond acceptors (Lipinski definition) is 4. The van der Waals surface area contributed by atoms with E-state index in [4.69, 9.17) is 9.47 Å². The first-order chi connectivity index (χ1) is 11.6. The van der Waals surface area contributed by atoms with Crippen LogP contribution in [0.1, 0.15) is 24.8 Å². The minimum atomic E-state index is -0.495. The van der Waals surface area contributed by atoms with E-state index in [1.807, 2.05) is 35.2 Å². The molecule has 0 unspecified atom stereocenters. The monoisotopic (exact) mass is 332 g/mol. The van der Waals surface area contributed by atoms with Gasteiger partial charge in [0.15, 0.2) is 5.60 Å². The van der Waals surface area contributed by atoms with Crippen LogP contribution in [0.5, 0.6) is 0 Å². The highest BCUT2D eigenvalue weighted by molar-refractivity contribution is 5.77. The molecular formula is C18H24N2O4. The van der Waals surface area contributed by atoms with Gasteiger partial charge >= 0.3 is 6.09 Å². The Morgan fingerprint density at radius 3 is 2.79 bits per heavy atom. The van der Waals surface area contributed by atoms with Gasteiger partial charge in [0.25, 0.3) is 0 Å². The summed E-state index contributed by atoms with van der Waals surface area (Å²) < 4.78 is 11.1. The highest BCUT2D eigenvalue weighted by Crippen LogP contribution is 2.32. The van der Waals surface area contributed by atoms with Gasteiger partial charge in [-0.15, -0.1) is 0 Å². The Morgan fingerprint density at radius 2 is 2.08 bits per heavy atom. The van der Waals surface area contributed by atoms with Gasteiger partial charge in [-0.2, -0.15) is 0 Å². The largest absolute Gasteiger partial charge is 0.439 e. The first kappa shape index (κ1) is 16.8. The standard InChI is InChI=1S/C18H24N2O4/c1-19-13-18(24-17(19)22)9-10-20(14-18)16(21)8-5-11-23-12-15-6-3-2-4-7-15/h2-4,6-7H,5,8-14H2,1H3/t18-/m1/s1. The zero-order chi connectivity index (χ0) is 17.0. The van der Waals surface area contributed by atoms with Crippen LogP contribution in [0.2, 0.25) is 0 Å². The van der Waals surface area contributed by atoms with E-state index in [2.05, 4.69) is 0 Å². The van der Waals surface area contributed by atoms with Gasteiger partial charge in [-0.1, -0.05) is 30.3 Å². The number of likely N-dealkylation sites (tertiary alicyclic amines) is 1. The van der Waals surface area contributed by atoms with Gasteiger partial charge in [-0.3, -0.25) is 4.79 Å². The Bertz CT molecular complexity index is 592. The van der Waals surface area contributed by atoms with Crippen molar-refractivity contribution in [2.24, 2.45) is 0 Å². The fraction of sp³-hybridized carbons (Fsp3) is 0.556. The molecule has 2 fully saturated rings. The lowest BCUT2D eigenvalue weighted by atomic mass is 10.0. The maximum Gasteiger partial charge on any atom is 0.410 e. The molecule has 2 heterocycles. The normalized spacial score (nSPS) is 23.1. The van der Waals surface area contributed by atoms with Crippen LogP contribution in [0.15, 0.2) is 30.3 Å². The molecular weight excluding hydrogens is 308 g/mol. The Morgan fingerprint density at radius 1 is 1.29 bits per heavy atom. The molecule has 0 radical (unpaired) electrons. The molecule has 1 spiro atoms. The number of hydrogen-bond donors (Lipinski definition) is 0. The highest BCUT2D eigenvalue weighted by atomic mass is 16.6. The topological polar surface area (TPSA) is 59.1 Å². The third-order valence-corrected chi connectivity index (χ3v) is 4.60. The first-order valence-corrected chi connectivity index (χ1v) is 8.42. The van der Waals surface area contributed by atoms with E-state index in [9.17, 15) is 9.59 Å². The maximum atomic E-state index is 12.3. The van der Waals surface area contributed by atoms with E-state index in [0.29, 0.717) is 45.7 Å². The molecule has 2 amide bonds. The van der Waals surface area contributed by atoms with Crippen LogP contribution in [0, 0.1) is 0 Å². The van der Waals surface area contributed by atoms with Crippen LogP contribution in [0.4, 0.5) is 4.79 Å². The summed E-state index contributed by atoms with van der Waals surface area (Å²) in [5.41, 5.74) is 0.642. The summed E-state index contributed by atoms with van der Waals surface area (Å²) in [5.74, 6) is 0.112. The Hall–Kier alpha value is -2.08. The second kappa shape index (κ2) is 7.21. The van der Waals surface area contributed by atoms with Gasteiger partial charge in [0, 0.05) is 33.0 Å². The number of ether oxygens (including phenoxy) is 2. The Kier molecular flexibility index (Phi) is 5.04. The number of rotatable bonds is 6. The molecule has 2 aliphatic rings. The molecule has 1 aromatic carbocycles. The molecule has 2 aliphatic heterocycles. The molecule has 0 saturated carbocycles. The molecule has 6 heteroatoms. The highest BCUT2D eigenvalue weighted by Gasteiger charge is 2.49. The van der Waals surface area contributed by atoms with E-state index < -0.39 is 5.60 Å². The van der Waals surface area contributed by atoms with Gasteiger partial charge in [0.2, 0.25) is 5.91 Å². The fourth-order valence-corrected chi connectivity index (χ4v) is 3.31. The fourth-order valence-electron chi connectivity index (χ4n) is 3.31. The predicted octanol–water partition coefficient (Wildman–Crippen LogP) is 2.04. The van der Waals surface area contributed by atoms with E-state index in [-0.39, 0.29) is 12.0 Å². The first-order valence-electron chi connectivity index (χ1n) is 8.42. The minimum absolute atomic E-state index is 0.112. The molecule has 6 nitrogen and oxygen atoms in total. The summed E-state index contributed by atoms with van der Waals surface area (Å²) in [4.78, 5) is 27.2. The molecule has 1 atom stereocenters. The number of amides is 2. The van der Waals surface area contributed by atoms with E-state index >= 15 is 0 Å². The summed E-state index contributed by atoms with van der Waals surface area (Å²) in [5, 5.41) is 0. The van der Waals surface area contributed by atoms with Crippen LogP contribution in [0.25, 0.3) is 0 Å². The number of carbonyl (C=O) groups excluding carboxylic acids is 2. The Labute approximate surface area is 142 Å². The molecule has 0 aromatic heterocycles. The van der Waals surface area contributed by atoms with Crippen LogP contribution < -0.4 is 0 Å². The summed E-state index contributed by atoms with van der Waals surface area (Å²) in [7, 11) is 1.73. The second-order valence-electron chi connectivity index (χ2n) is 6.61. The van der Waals surface area contributed by atoms with Crippen LogP contribution in [-0.2, 0) is 20.9 Å². The Balaban J connectivity index is 1.35. The minimum Gasteiger partial charge on any atom is -0.439 e. The average Bonchev–Trinajstić information content (AvgIpc) is 3.11. The smallest absolute Gasteiger partial charge is 0.410 e. The van der Waals surface area contributed by atoms with Crippen LogP contribution in [0.3, 0.4) is 0 Å². The molecule has 0 N–H and O–H groups in total. The number of carbonyl (C=O) groups is 2. The van der Waals surface area contributed by atoms with Crippen LogP contribution >= 0.6 is 0 Å². The molecule has 24 heavy (non-hydrogen) atoms. The van der Waals surface area contributed by atoms with Crippen molar-refractivity contribution in [1.82, 2.24) is 9.80 Å². The molecule has 130 valence electrons. The third kappa shape index (κ3) is 3.87. The summed E-state index contributed by atoms with van der Waals surface area (Å²) in [6.45, 7) is 2.87. The lowest BCUT2D eigenvalue weighted by molar-refractivity contribution is -0.131. The second-order valence-corrected chi connectivity index (χ2v) is 6.61. The van der Waals surface area contributed by atoms with Crippen LogP contribution in [-0.4, -0.2) is 60.7 Å². The number of benzene rings is 1. The average molecular weight is 332 g/mol. The van der Waals surface area contributed by atoms with Crippen molar-refractivity contribution in [2.75, 3.05) is 33.3 Å². The lowest BCUT2D eigenvalue weighted by Gasteiger charge is -2.21. The van der Waals surface area contributed by atoms with Crippen molar-refractivity contribution in [2.45, 2.75) is 31.5 Å². The van der Waals surface area contributed by atoms with Gasteiger partial charge in [0.05, 0.1) is 19.7 Å². The third-order valence-electron chi connectivity index (χ3n) is 4.60. The summed E-state index contributed by atoms with van der Waals surface area (Å²) in [6, 6.07) is 9.99. The number of likely N-dealkylation sites (N-methyl/N-ethyl adjacent to an activating group) is 1. The number of nitrogens with zero attached hydrogens (tertiary/aromatic N) is 2. The predicted molar refractivity (Wildman–Crippen MR) is 88.4 cm³/mol. The van der Waals surface area contributed by atoms with Gasteiger partial charge in [0.1, 0.15) is 0 Å². The van der Waals surface area contributed by atoms with Crippen molar-refractivity contribution < 1.29 is 19.1 Å². The van der Waals surface area contributed by atoms with Crippen molar-refractivity contribution in [3.8, 4) is 0 Å². The maximum absolute atomic E-state index is 12.3. The van der Waals surface area contributed by atoms with Crippen molar-refractivity contribution in [1.29, 1.82) is 0 Å². The molecule has 0 aliphatic carbocycles. The van der Waals surface area contributed by atoms with Crippen molar-refractivity contribution in [3.05, 3.63) is 35.9 Å². The summed E-state index contributed by atoms with van der Waals surface area (Å²) in [6.07, 6.45) is 1.60. The van der Waals surface area contributed by atoms with E-state index in [1.54, 1.807) is 11.9 Å². The zero-order valence-electron chi connectivity index (χ0n) is 14.1.